The van der Waals surface area contributed by atoms with E-state index in [1.807, 2.05) is 17.0 Å². The second kappa shape index (κ2) is 13.6. The summed E-state index contributed by atoms with van der Waals surface area (Å²) in [5, 5.41) is 17.6. The smallest absolute Gasteiger partial charge is 0.324 e. The highest BCUT2D eigenvalue weighted by Gasteiger charge is 2.22. The molecule has 4 aromatic rings. The zero-order valence-corrected chi connectivity index (χ0v) is 25.2. The van der Waals surface area contributed by atoms with E-state index in [0.29, 0.717) is 40.7 Å². The lowest BCUT2D eigenvalue weighted by Crippen LogP contribution is -2.46. The Kier molecular flexibility index (Phi) is 9.62. The van der Waals surface area contributed by atoms with Crippen molar-refractivity contribution in [2.45, 2.75) is 11.4 Å². The lowest BCUT2D eigenvalue weighted by atomic mass is 10.0. The molecule has 1 fully saturated rings. The lowest BCUT2D eigenvalue weighted by Gasteiger charge is -2.27. The summed E-state index contributed by atoms with van der Waals surface area (Å²) in [5.41, 5.74) is 2.28. The third-order valence-electron chi connectivity index (χ3n) is 6.97. The second-order valence-electron chi connectivity index (χ2n) is 9.92. The summed E-state index contributed by atoms with van der Waals surface area (Å²) in [6, 6.07) is 21.9. The molecule has 0 spiro atoms. The van der Waals surface area contributed by atoms with Crippen LogP contribution in [0.25, 0.3) is 10.8 Å². The SMILES string of the molecule is O=C(O)CN(c1ccc2c(C(=O)NCc3ccc(C(=O)N4CCNCC4)cc3)cccc2c1)S(=O)c1cc(Cl)cc(Cl)c1. The number of fused-ring (bicyclic) bond motifs is 1. The van der Waals surface area contributed by atoms with Gasteiger partial charge >= 0.3 is 5.97 Å². The van der Waals surface area contributed by atoms with Crippen LogP contribution >= 0.6 is 23.2 Å². The van der Waals surface area contributed by atoms with Gasteiger partial charge in [-0.3, -0.25) is 18.7 Å². The van der Waals surface area contributed by atoms with E-state index < -0.39 is 23.5 Å². The topological polar surface area (TPSA) is 119 Å². The highest BCUT2D eigenvalue weighted by atomic mass is 35.5. The molecule has 2 amide bonds. The van der Waals surface area contributed by atoms with Crippen LogP contribution in [0.3, 0.4) is 0 Å². The number of piperazine rings is 1. The van der Waals surface area contributed by atoms with Crippen molar-refractivity contribution in [3.63, 3.8) is 0 Å². The van der Waals surface area contributed by atoms with E-state index in [1.165, 1.54) is 22.5 Å². The average Bonchev–Trinajstić information content (AvgIpc) is 3.01. The van der Waals surface area contributed by atoms with E-state index in [1.54, 1.807) is 48.5 Å². The molecule has 1 atom stereocenters. The Morgan fingerprint density at radius 1 is 0.930 bits per heavy atom. The van der Waals surface area contributed by atoms with Crippen LogP contribution in [-0.2, 0) is 22.3 Å². The summed E-state index contributed by atoms with van der Waals surface area (Å²) in [6.45, 7) is 2.64. The number of aliphatic carboxylic acids is 1. The fourth-order valence-corrected chi connectivity index (χ4v) is 6.74. The van der Waals surface area contributed by atoms with Gasteiger partial charge in [0, 0.05) is 53.9 Å². The Labute approximate surface area is 261 Å². The average molecular weight is 640 g/mol. The van der Waals surface area contributed by atoms with E-state index in [2.05, 4.69) is 10.6 Å². The Bertz CT molecular complexity index is 1690. The van der Waals surface area contributed by atoms with Crippen molar-refractivity contribution in [3.05, 3.63) is 106 Å². The van der Waals surface area contributed by atoms with Gasteiger partial charge in [-0.05, 0) is 64.9 Å². The first-order chi connectivity index (χ1) is 20.7. The quantitative estimate of drug-likeness (QED) is 0.244. The maximum absolute atomic E-state index is 13.4. The van der Waals surface area contributed by atoms with Gasteiger partial charge in [-0.1, -0.05) is 53.5 Å². The van der Waals surface area contributed by atoms with Crippen molar-refractivity contribution in [3.8, 4) is 0 Å². The third kappa shape index (κ3) is 7.34. The molecule has 0 bridgehead atoms. The molecular formula is C31H28Cl2N4O5S. The summed E-state index contributed by atoms with van der Waals surface area (Å²) < 4.78 is 14.7. The number of carbonyl (C=O) groups is 3. The van der Waals surface area contributed by atoms with Gasteiger partial charge in [-0.15, -0.1) is 0 Å². The monoisotopic (exact) mass is 638 g/mol. The van der Waals surface area contributed by atoms with Gasteiger partial charge < -0.3 is 20.6 Å². The number of benzene rings is 4. The number of rotatable bonds is 9. The zero-order chi connectivity index (χ0) is 30.5. The van der Waals surface area contributed by atoms with Gasteiger partial charge in [-0.2, -0.15) is 0 Å². The van der Waals surface area contributed by atoms with Crippen molar-refractivity contribution in [1.82, 2.24) is 15.5 Å². The van der Waals surface area contributed by atoms with Crippen molar-refractivity contribution >= 4 is 68.4 Å². The first-order valence-electron chi connectivity index (χ1n) is 13.5. The van der Waals surface area contributed by atoms with Gasteiger partial charge in [0.15, 0.2) is 11.0 Å². The molecule has 3 N–H and O–H groups in total. The summed E-state index contributed by atoms with van der Waals surface area (Å²) in [6.07, 6.45) is 0. The first kappa shape index (κ1) is 30.5. The Morgan fingerprint density at radius 2 is 1.63 bits per heavy atom. The molecule has 1 unspecified atom stereocenters. The van der Waals surface area contributed by atoms with Crippen molar-refractivity contribution in [2.75, 3.05) is 37.0 Å². The van der Waals surface area contributed by atoms with Crippen LogP contribution < -0.4 is 14.9 Å². The molecule has 43 heavy (non-hydrogen) atoms. The minimum absolute atomic E-state index is 0.00525. The maximum atomic E-state index is 13.4. The van der Waals surface area contributed by atoms with Crippen LogP contribution in [0.15, 0.2) is 83.8 Å². The number of hydrogen-bond donors (Lipinski definition) is 3. The minimum Gasteiger partial charge on any atom is -0.480 e. The fourth-order valence-electron chi connectivity index (χ4n) is 4.84. The largest absolute Gasteiger partial charge is 0.480 e. The van der Waals surface area contributed by atoms with E-state index in [-0.39, 0.29) is 33.3 Å². The molecule has 1 heterocycles. The fraction of sp³-hybridized carbons (Fsp3) is 0.194. The number of amides is 2. The molecule has 12 heteroatoms. The van der Waals surface area contributed by atoms with Gasteiger partial charge in [0.1, 0.15) is 6.54 Å². The number of anilines is 1. The number of carboxylic acids is 1. The maximum Gasteiger partial charge on any atom is 0.324 e. The van der Waals surface area contributed by atoms with Crippen LogP contribution in [0.1, 0.15) is 26.3 Å². The predicted octanol–water partition coefficient (Wildman–Crippen LogP) is 4.74. The van der Waals surface area contributed by atoms with Gasteiger partial charge in [-0.25, -0.2) is 4.21 Å². The lowest BCUT2D eigenvalue weighted by molar-refractivity contribution is -0.135. The van der Waals surface area contributed by atoms with E-state index >= 15 is 0 Å². The molecule has 5 rings (SSSR count). The number of nitrogens with zero attached hydrogens (tertiary/aromatic N) is 2. The molecule has 0 aliphatic carbocycles. The Morgan fingerprint density at radius 3 is 2.30 bits per heavy atom. The third-order valence-corrected chi connectivity index (χ3v) is 8.79. The second-order valence-corrected chi connectivity index (χ2v) is 12.2. The van der Waals surface area contributed by atoms with Gasteiger partial charge in [0.2, 0.25) is 0 Å². The summed E-state index contributed by atoms with van der Waals surface area (Å²) >= 11 is 12.2. The van der Waals surface area contributed by atoms with Crippen LogP contribution in [0, 0.1) is 0 Å². The van der Waals surface area contributed by atoms with E-state index in [0.717, 1.165) is 18.7 Å². The molecule has 0 aromatic heterocycles. The minimum atomic E-state index is -1.92. The highest BCUT2D eigenvalue weighted by Crippen LogP contribution is 2.29. The molecule has 0 radical (unpaired) electrons. The van der Waals surface area contributed by atoms with Crippen LogP contribution in [0.4, 0.5) is 5.69 Å². The molecule has 1 aliphatic heterocycles. The number of halogens is 2. The van der Waals surface area contributed by atoms with E-state index in [4.69, 9.17) is 23.2 Å². The number of nitrogens with one attached hydrogen (secondary N) is 2. The van der Waals surface area contributed by atoms with Crippen LogP contribution in [-0.4, -0.2) is 64.7 Å². The molecule has 1 aliphatic rings. The first-order valence-corrected chi connectivity index (χ1v) is 15.3. The normalized spacial score (nSPS) is 13.9. The molecule has 4 aromatic carbocycles. The standard InChI is InChI=1S/C31H28Cl2N4O5S/c32-23-15-24(33)17-26(16-23)43(42)37(19-29(38)39)25-8-9-27-22(14-25)2-1-3-28(27)30(40)35-18-20-4-6-21(7-5-20)31(41)36-12-10-34-11-13-36/h1-9,14-17,34H,10-13,18-19H2,(H,35,40)(H,38,39). The van der Waals surface area contributed by atoms with E-state index in [9.17, 15) is 23.7 Å². The molecular weight excluding hydrogens is 611 g/mol. The van der Waals surface area contributed by atoms with Crippen molar-refractivity contribution in [1.29, 1.82) is 0 Å². The zero-order valence-electron chi connectivity index (χ0n) is 22.9. The number of carbonyl (C=O) groups excluding carboxylic acids is 2. The predicted molar refractivity (Wildman–Crippen MR) is 168 cm³/mol. The number of carboxylic acid groups (broad SMARTS) is 1. The van der Waals surface area contributed by atoms with Crippen molar-refractivity contribution in [2.24, 2.45) is 0 Å². The highest BCUT2D eigenvalue weighted by molar-refractivity contribution is 7.86. The van der Waals surface area contributed by atoms with Crippen molar-refractivity contribution < 1.29 is 23.7 Å². The molecule has 9 nitrogen and oxygen atoms in total. The molecule has 1 saturated heterocycles. The summed E-state index contributed by atoms with van der Waals surface area (Å²) in [7, 11) is -1.92. The summed E-state index contributed by atoms with van der Waals surface area (Å²) in [4.78, 5) is 39.7. The Hall–Kier alpha value is -3.96. The summed E-state index contributed by atoms with van der Waals surface area (Å²) in [5.74, 6) is -1.47. The van der Waals surface area contributed by atoms with Crippen LogP contribution in [0.5, 0.6) is 0 Å². The van der Waals surface area contributed by atoms with Gasteiger partial charge in [0.25, 0.3) is 11.8 Å². The van der Waals surface area contributed by atoms with Gasteiger partial charge in [0.05, 0.1) is 10.6 Å². The number of hydrogen-bond acceptors (Lipinski definition) is 5. The van der Waals surface area contributed by atoms with Crippen LogP contribution in [0.2, 0.25) is 10.0 Å². The Balaban J connectivity index is 1.32. The molecule has 222 valence electrons. The molecule has 0 saturated carbocycles.